The van der Waals surface area contributed by atoms with Crippen LogP contribution in [0.15, 0.2) is 22.4 Å². The van der Waals surface area contributed by atoms with Crippen molar-refractivity contribution in [3.05, 3.63) is 22.2 Å². The van der Waals surface area contributed by atoms with E-state index < -0.39 is 30.7 Å². The Kier molecular flexibility index (Phi) is 7.04. The molecule has 11 heteroatoms. The molecule has 0 spiro atoms. The second kappa shape index (κ2) is 8.20. The van der Waals surface area contributed by atoms with Crippen LogP contribution in [0.4, 0.5) is 18.9 Å². The number of alkyl halides is 3. The maximum atomic E-state index is 12.9. The lowest BCUT2D eigenvalue weighted by molar-refractivity contribution is -0.258. The zero-order chi connectivity index (χ0) is 19.4. The summed E-state index contributed by atoms with van der Waals surface area (Å²) in [6.07, 6.45) is -6.99. The van der Waals surface area contributed by atoms with Gasteiger partial charge in [-0.2, -0.15) is 23.4 Å². The van der Waals surface area contributed by atoms with Gasteiger partial charge >= 0.3 is 12.1 Å². The van der Waals surface area contributed by atoms with Crippen LogP contribution in [-0.4, -0.2) is 40.6 Å². The van der Waals surface area contributed by atoms with Crippen LogP contribution in [0.3, 0.4) is 0 Å². The van der Waals surface area contributed by atoms with Gasteiger partial charge in [0, 0.05) is 6.07 Å². The molecule has 1 atom stereocenters. The average molecular weight is 403 g/mol. The van der Waals surface area contributed by atoms with Gasteiger partial charge in [-0.1, -0.05) is 23.2 Å². The third-order valence-corrected chi connectivity index (χ3v) is 3.44. The van der Waals surface area contributed by atoms with E-state index in [0.29, 0.717) is 0 Å². The van der Waals surface area contributed by atoms with Gasteiger partial charge in [0.1, 0.15) is 11.4 Å². The van der Waals surface area contributed by atoms with Crippen LogP contribution in [0, 0.1) is 0 Å². The van der Waals surface area contributed by atoms with Crippen molar-refractivity contribution < 1.29 is 32.9 Å². The Morgan fingerprint density at radius 2 is 1.88 bits per heavy atom. The summed E-state index contributed by atoms with van der Waals surface area (Å²) in [7, 11) is 0. The van der Waals surface area contributed by atoms with E-state index in [9.17, 15) is 23.1 Å². The van der Waals surface area contributed by atoms with Gasteiger partial charge in [-0.3, -0.25) is 4.79 Å². The third kappa shape index (κ3) is 6.02. The smallest absolute Gasteiger partial charge is 0.419 e. The molecule has 0 fully saturated rings. The molecular formula is C14H15Cl2F3N2O4. The number of ether oxygens (including phenoxy) is 1. The highest BCUT2D eigenvalue weighted by atomic mass is 35.5. The summed E-state index contributed by atoms with van der Waals surface area (Å²) in [5.74, 6) is -1.63. The number of nitrogens with zero attached hydrogens (tertiary/aromatic N) is 2. The number of carboxylic acid groups (broad SMARTS) is 1. The van der Waals surface area contributed by atoms with Gasteiger partial charge in [-0.05, 0) is 19.9 Å². The summed E-state index contributed by atoms with van der Waals surface area (Å²) >= 11 is 11.8. The number of hydrogen-bond acceptors (Lipinski definition) is 5. The summed E-state index contributed by atoms with van der Waals surface area (Å²) in [6, 6.07) is 2.56. The van der Waals surface area contributed by atoms with E-state index in [1.165, 1.54) is 12.1 Å². The molecule has 2 N–H and O–H groups in total. The zero-order valence-electron chi connectivity index (χ0n) is 13.1. The predicted octanol–water partition coefficient (Wildman–Crippen LogP) is 4.63. The van der Waals surface area contributed by atoms with Gasteiger partial charge in [-0.15, -0.1) is 0 Å². The highest BCUT2D eigenvalue weighted by Gasteiger charge is 2.55. The molecule has 0 heterocycles. The van der Waals surface area contributed by atoms with E-state index in [2.05, 4.69) is 10.2 Å². The maximum Gasteiger partial charge on any atom is 0.419 e. The molecule has 0 saturated carbocycles. The number of rotatable bonds is 7. The van der Waals surface area contributed by atoms with Crippen molar-refractivity contribution in [2.75, 3.05) is 6.54 Å². The summed E-state index contributed by atoms with van der Waals surface area (Å²) in [6.45, 7) is 2.17. The average Bonchev–Trinajstić information content (AvgIpc) is 2.41. The van der Waals surface area contributed by atoms with Crippen molar-refractivity contribution in [3.63, 3.8) is 0 Å². The molecular weight excluding hydrogens is 388 g/mol. The molecule has 25 heavy (non-hydrogen) atoms. The number of halogens is 5. The van der Waals surface area contributed by atoms with Crippen LogP contribution in [0.25, 0.3) is 0 Å². The highest BCUT2D eigenvalue weighted by Crippen LogP contribution is 2.37. The number of hydrogen-bond donors (Lipinski definition) is 2. The van der Waals surface area contributed by atoms with Crippen LogP contribution in [-0.2, 0) is 4.79 Å². The van der Waals surface area contributed by atoms with Gasteiger partial charge in [-0.25, -0.2) is 0 Å². The van der Waals surface area contributed by atoms with E-state index in [0.717, 1.165) is 0 Å². The molecule has 0 bridgehead atoms. The van der Waals surface area contributed by atoms with E-state index in [4.69, 9.17) is 33.0 Å². The van der Waals surface area contributed by atoms with Crippen molar-refractivity contribution in [1.82, 2.24) is 0 Å². The van der Waals surface area contributed by atoms with Crippen molar-refractivity contribution >= 4 is 34.9 Å². The molecule has 0 saturated heterocycles. The van der Waals surface area contributed by atoms with Gasteiger partial charge in [0.2, 0.25) is 0 Å². The minimum Gasteiger partial charge on any atom is -0.489 e. The Balaban J connectivity index is 3.06. The second-order valence-electron chi connectivity index (χ2n) is 5.40. The van der Waals surface area contributed by atoms with Crippen LogP contribution in [0.1, 0.15) is 20.3 Å². The minimum absolute atomic E-state index is 0.00126. The fourth-order valence-corrected chi connectivity index (χ4v) is 2.13. The summed E-state index contributed by atoms with van der Waals surface area (Å²) in [5.41, 5.74) is -3.58. The molecule has 0 aliphatic heterocycles. The Morgan fingerprint density at radius 3 is 2.36 bits per heavy atom. The van der Waals surface area contributed by atoms with Gasteiger partial charge in [0.15, 0.2) is 5.60 Å². The molecule has 1 unspecified atom stereocenters. The Morgan fingerprint density at radius 1 is 1.28 bits per heavy atom. The molecule has 1 rings (SSSR count). The largest absolute Gasteiger partial charge is 0.489 e. The molecule has 1 aromatic carbocycles. The summed E-state index contributed by atoms with van der Waals surface area (Å²) < 4.78 is 44.0. The summed E-state index contributed by atoms with van der Waals surface area (Å²) in [4.78, 5) is 10.5. The van der Waals surface area contributed by atoms with Crippen LogP contribution < -0.4 is 4.74 Å². The van der Waals surface area contributed by atoms with Crippen molar-refractivity contribution in [3.8, 4) is 5.75 Å². The molecule has 140 valence electrons. The van der Waals surface area contributed by atoms with Crippen LogP contribution in [0.5, 0.6) is 5.75 Å². The molecule has 0 aliphatic rings. The van der Waals surface area contributed by atoms with Crippen LogP contribution in [0.2, 0.25) is 10.0 Å². The molecule has 0 radical (unpaired) electrons. The highest BCUT2D eigenvalue weighted by molar-refractivity contribution is 6.37. The first-order valence-electron chi connectivity index (χ1n) is 6.90. The first-order valence-corrected chi connectivity index (χ1v) is 7.65. The van der Waals surface area contributed by atoms with Crippen molar-refractivity contribution in [2.24, 2.45) is 10.2 Å². The van der Waals surface area contributed by atoms with Gasteiger partial charge in [0.05, 0.1) is 29.1 Å². The Bertz CT molecular complexity index is 668. The number of carbonyl (C=O) groups is 1. The second-order valence-corrected chi connectivity index (χ2v) is 6.21. The number of azo groups is 1. The number of aliphatic carboxylic acids is 1. The molecule has 0 amide bonds. The Hall–Kier alpha value is -1.58. The van der Waals surface area contributed by atoms with E-state index in [-0.39, 0.29) is 27.6 Å². The molecule has 1 aromatic rings. The van der Waals surface area contributed by atoms with E-state index >= 15 is 0 Å². The zero-order valence-corrected chi connectivity index (χ0v) is 14.7. The van der Waals surface area contributed by atoms with E-state index in [1.807, 2.05) is 0 Å². The van der Waals surface area contributed by atoms with E-state index in [1.54, 1.807) is 13.8 Å². The lowest BCUT2D eigenvalue weighted by Crippen LogP contribution is -2.49. The maximum absolute atomic E-state index is 12.9. The number of benzene rings is 1. The SMILES string of the molecule is CC(C)Oc1cc(N=NCC(O)(CC(=O)O)C(F)(F)F)c(Cl)cc1Cl. The van der Waals surface area contributed by atoms with Crippen molar-refractivity contribution in [1.29, 1.82) is 0 Å². The first kappa shape index (κ1) is 21.5. The minimum atomic E-state index is -5.19. The monoisotopic (exact) mass is 402 g/mol. The predicted molar refractivity (Wildman–Crippen MR) is 84.9 cm³/mol. The standard InChI is InChI=1S/C14H15Cl2F3N2O4/c1-7(2)25-11-4-10(8(15)3-9(11)16)21-20-6-13(24,5-12(22)23)14(17,18)19/h3-4,7,24H,5-6H2,1-2H3,(H,22,23). The summed E-state index contributed by atoms with van der Waals surface area (Å²) in [5, 5.41) is 25.0. The molecule has 0 aromatic heterocycles. The topological polar surface area (TPSA) is 91.5 Å². The normalized spacial score (nSPS) is 14.8. The number of carboxylic acids is 1. The quantitative estimate of drug-likeness (QED) is 0.650. The van der Waals surface area contributed by atoms with Crippen LogP contribution >= 0.6 is 23.2 Å². The first-order chi connectivity index (χ1) is 11.4. The number of aliphatic hydroxyl groups is 1. The Labute approximate surface area is 151 Å². The molecule has 0 aliphatic carbocycles. The lowest BCUT2D eigenvalue weighted by atomic mass is 9.99. The lowest BCUT2D eigenvalue weighted by Gasteiger charge is -2.26. The van der Waals surface area contributed by atoms with Crippen molar-refractivity contribution in [2.45, 2.75) is 38.1 Å². The third-order valence-electron chi connectivity index (χ3n) is 2.85. The van der Waals surface area contributed by atoms with Gasteiger partial charge < -0.3 is 14.9 Å². The fraction of sp³-hybridized carbons (Fsp3) is 0.500. The molecule has 6 nitrogen and oxygen atoms in total. The van der Waals surface area contributed by atoms with Gasteiger partial charge in [0.25, 0.3) is 0 Å². The fourth-order valence-electron chi connectivity index (χ4n) is 1.66.